The van der Waals surface area contributed by atoms with Gasteiger partial charge in [0.2, 0.25) is 0 Å². The first-order chi connectivity index (χ1) is 7.90. The van der Waals surface area contributed by atoms with E-state index in [9.17, 15) is 9.59 Å². The van der Waals surface area contributed by atoms with Crippen LogP contribution in [0, 0.1) is 12.8 Å². The lowest BCUT2D eigenvalue weighted by Crippen LogP contribution is -2.08. The van der Waals surface area contributed by atoms with Gasteiger partial charge in [0.1, 0.15) is 0 Å². The molecule has 1 aromatic rings. The van der Waals surface area contributed by atoms with Crippen LogP contribution >= 0.6 is 12.2 Å². The number of aryl methyl sites for hydroxylation is 1. The van der Waals surface area contributed by atoms with E-state index in [0.717, 1.165) is 5.56 Å². The van der Waals surface area contributed by atoms with Crippen LogP contribution in [0.2, 0.25) is 0 Å². The van der Waals surface area contributed by atoms with Crippen molar-refractivity contribution < 1.29 is 19.8 Å². The van der Waals surface area contributed by atoms with Gasteiger partial charge in [-0.15, -0.1) is 0 Å². The van der Waals surface area contributed by atoms with Gasteiger partial charge in [-0.25, -0.2) is 4.79 Å². The minimum Gasteiger partial charge on any atom is -0.481 e. The number of rotatable bonds is 3. The molecule has 2 N–H and O–H groups in total. The molecule has 1 atom stereocenters. The van der Waals surface area contributed by atoms with Gasteiger partial charge >= 0.3 is 11.9 Å². The molecule has 92 valence electrons. The predicted octanol–water partition coefficient (Wildman–Crippen LogP) is 2.40. The Morgan fingerprint density at radius 1 is 1.29 bits per heavy atom. The molecule has 0 aromatic heterocycles. The maximum absolute atomic E-state index is 10.4. The first-order valence-electron chi connectivity index (χ1n) is 4.87. The summed E-state index contributed by atoms with van der Waals surface area (Å²) in [5.41, 5.74) is 1.18. The van der Waals surface area contributed by atoms with Gasteiger partial charge in [-0.2, -0.15) is 0 Å². The lowest BCUT2D eigenvalue weighted by molar-refractivity contribution is -0.138. The molecule has 0 spiro atoms. The van der Waals surface area contributed by atoms with Gasteiger partial charge in [0.15, 0.2) is 0 Å². The van der Waals surface area contributed by atoms with E-state index < -0.39 is 17.9 Å². The Hall–Kier alpha value is -1.75. The summed E-state index contributed by atoms with van der Waals surface area (Å²) < 4.78 is 0. The van der Waals surface area contributed by atoms with E-state index in [1.54, 1.807) is 25.1 Å². The second kappa shape index (κ2) is 7.51. The third-order valence-corrected chi connectivity index (χ3v) is 2.38. The lowest BCUT2D eigenvalue weighted by atomic mass is 10.1. The van der Waals surface area contributed by atoms with Gasteiger partial charge in [-0.3, -0.25) is 4.79 Å². The number of carboxylic acid groups (broad SMARTS) is 2. The number of carboxylic acids is 2. The molecule has 0 aliphatic heterocycles. The van der Waals surface area contributed by atoms with Crippen molar-refractivity contribution in [1.29, 1.82) is 0 Å². The van der Waals surface area contributed by atoms with Crippen molar-refractivity contribution in [2.45, 2.75) is 13.8 Å². The molecule has 0 fully saturated rings. The van der Waals surface area contributed by atoms with Gasteiger partial charge in [0.25, 0.3) is 0 Å². The van der Waals surface area contributed by atoms with E-state index in [1.807, 2.05) is 6.07 Å². The summed E-state index contributed by atoms with van der Waals surface area (Å²) in [6, 6.07) is 6.92. The Balaban J connectivity index is 0.000000325. The van der Waals surface area contributed by atoms with E-state index in [1.165, 1.54) is 12.3 Å². The summed E-state index contributed by atoms with van der Waals surface area (Å²) in [6.07, 6.45) is 0. The molecular weight excluding hydrogens is 240 g/mol. The number of carbonyl (C=O) groups is 2. The SMILES string of the molecule is CC(C=S)C(=O)O.Cc1ccccc1C(=O)O. The molecule has 1 aromatic carbocycles. The molecule has 4 nitrogen and oxygen atoms in total. The van der Waals surface area contributed by atoms with Gasteiger partial charge in [-0.05, 0) is 30.8 Å². The van der Waals surface area contributed by atoms with Crippen LogP contribution in [-0.4, -0.2) is 27.5 Å². The van der Waals surface area contributed by atoms with Gasteiger partial charge in [-0.1, -0.05) is 30.4 Å². The van der Waals surface area contributed by atoms with Crippen molar-refractivity contribution in [1.82, 2.24) is 0 Å². The molecule has 1 rings (SSSR count). The van der Waals surface area contributed by atoms with Crippen molar-refractivity contribution >= 4 is 29.5 Å². The summed E-state index contributed by atoms with van der Waals surface area (Å²) in [4.78, 5) is 20.3. The fraction of sp³-hybridized carbons (Fsp3) is 0.250. The van der Waals surface area contributed by atoms with Crippen molar-refractivity contribution in [3.63, 3.8) is 0 Å². The fourth-order valence-electron chi connectivity index (χ4n) is 0.871. The highest BCUT2D eigenvalue weighted by molar-refractivity contribution is 7.79. The molecule has 0 saturated carbocycles. The second-order valence-corrected chi connectivity index (χ2v) is 3.66. The van der Waals surface area contributed by atoms with Crippen LogP contribution in [0.1, 0.15) is 22.8 Å². The summed E-state index contributed by atoms with van der Waals surface area (Å²) in [5, 5.41) is 17.9. The maximum Gasteiger partial charge on any atom is 0.335 e. The summed E-state index contributed by atoms with van der Waals surface area (Å²) in [5.74, 6) is -2.22. The molecule has 0 radical (unpaired) electrons. The minimum absolute atomic E-state index is 0.377. The molecule has 17 heavy (non-hydrogen) atoms. The average molecular weight is 254 g/mol. The zero-order valence-electron chi connectivity index (χ0n) is 9.58. The van der Waals surface area contributed by atoms with E-state index in [2.05, 4.69) is 12.2 Å². The Labute approximate surface area is 105 Å². The summed E-state index contributed by atoms with van der Waals surface area (Å²) in [6.45, 7) is 3.32. The number of hydrogen-bond donors (Lipinski definition) is 2. The maximum atomic E-state index is 10.4. The van der Waals surface area contributed by atoms with E-state index in [4.69, 9.17) is 10.2 Å². The van der Waals surface area contributed by atoms with Crippen molar-refractivity contribution in [2.75, 3.05) is 0 Å². The Morgan fingerprint density at radius 2 is 1.82 bits per heavy atom. The molecule has 1 unspecified atom stereocenters. The Kier molecular flexibility index (Phi) is 6.74. The van der Waals surface area contributed by atoms with Crippen LogP contribution < -0.4 is 0 Å². The average Bonchev–Trinajstić information content (AvgIpc) is 2.28. The Bertz CT molecular complexity index is 415. The van der Waals surface area contributed by atoms with Gasteiger partial charge < -0.3 is 10.2 Å². The van der Waals surface area contributed by atoms with Crippen molar-refractivity contribution in [3.05, 3.63) is 35.4 Å². The second-order valence-electron chi connectivity index (χ2n) is 3.38. The zero-order valence-corrected chi connectivity index (χ0v) is 10.4. The van der Waals surface area contributed by atoms with Crippen LogP contribution in [0.5, 0.6) is 0 Å². The highest BCUT2D eigenvalue weighted by Crippen LogP contribution is 2.05. The van der Waals surface area contributed by atoms with E-state index in [-0.39, 0.29) is 0 Å². The van der Waals surface area contributed by atoms with E-state index in [0.29, 0.717) is 5.56 Å². The smallest absolute Gasteiger partial charge is 0.335 e. The number of hydrogen-bond acceptors (Lipinski definition) is 3. The first-order valence-corrected chi connectivity index (χ1v) is 5.34. The van der Waals surface area contributed by atoms with Crippen molar-refractivity contribution in [3.8, 4) is 0 Å². The fourth-order valence-corrected chi connectivity index (χ4v) is 0.987. The van der Waals surface area contributed by atoms with Crippen LogP contribution in [0.15, 0.2) is 24.3 Å². The number of aliphatic carboxylic acids is 1. The van der Waals surface area contributed by atoms with Crippen LogP contribution in [0.25, 0.3) is 0 Å². The largest absolute Gasteiger partial charge is 0.481 e. The quantitative estimate of drug-likeness (QED) is 0.810. The monoisotopic (exact) mass is 254 g/mol. The van der Waals surface area contributed by atoms with Gasteiger partial charge in [0, 0.05) is 0 Å². The lowest BCUT2D eigenvalue weighted by Gasteiger charge is -1.96. The summed E-state index contributed by atoms with van der Waals surface area (Å²) in [7, 11) is 0. The molecule has 0 amide bonds. The normalized spacial score (nSPS) is 10.7. The van der Waals surface area contributed by atoms with E-state index >= 15 is 0 Å². The van der Waals surface area contributed by atoms with Crippen molar-refractivity contribution in [2.24, 2.45) is 5.92 Å². The topological polar surface area (TPSA) is 74.6 Å². The molecule has 0 aliphatic rings. The number of thiocarbonyl (C=S) groups is 1. The number of aromatic carboxylic acids is 1. The Morgan fingerprint density at radius 3 is 2.06 bits per heavy atom. The predicted molar refractivity (Wildman–Crippen MR) is 68.6 cm³/mol. The van der Waals surface area contributed by atoms with Crippen LogP contribution in [0.3, 0.4) is 0 Å². The third kappa shape index (κ3) is 5.77. The molecule has 5 heteroatoms. The number of benzene rings is 1. The van der Waals surface area contributed by atoms with Crippen LogP contribution in [-0.2, 0) is 4.79 Å². The third-order valence-electron chi connectivity index (χ3n) is 1.97. The standard InChI is InChI=1S/C8H8O2.C4H6O2S/c1-6-4-2-3-5-7(6)8(9)10;1-3(2-7)4(5)6/h2-5H,1H3,(H,9,10);2-3H,1H3,(H,5,6). The highest BCUT2D eigenvalue weighted by atomic mass is 32.1. The molecule has 0 bridgehead atoms. The first kappa shape index (κ1) is 15.2. The highest BCUT2D eigenvalue weighted by Gasteiger charge is 2.03. The molecule has 0 saturated heterocycles. The van der Waals surface area contributed by atoms with Gasteiger partial charge in [0.05, 0.1) is 11.5 Å². The molecule has 0 heterocycles. The summed E-state index contributed by atoms with van der Waals surface area (Å²) >= 11 is 4.35. The molecular formula is C12H14O4S. The van der Waals surface area contributed by atoms with Crippen LogP contribution in [0.4, 0.5) is 0 Å². The zero-order chi connectivity index (χ0) is 13.4. The molecule has 0 aliphatic carbocycles. The minimum atomic E-state index is -0.866.